The molecule has 2 rings (SSSR count). The summed E-state index contributed by atoms with van der Waals surface area (Å²) in [7, 11) is 0. The zero-order valence-corrected chi connectivity index (χ0v) is 16.8. The molecule has 0 aromatic rings. The Balaban J connectivity index is 0.00000242. The predicted molar refractivity (Wildman–Crippen MR) is 103 cm³/mol. The Labute approximate surface area is 152 Å². The Bertz CT molecular complexity index is 345. The lowest BCUT2D eigenvalue weighted by atomic mass is 10.0. The lowest BCUT2D eigenvalue weighted by Crippen LogP contribution is -2.48. The average Bonchev–Trinajstić information content (AvgIpc) is 3.15. The summed E-state index contributed by atoms with van der Waals surface area (Å²) in [5, 5.41) is 6.90. The molecule has 5 nitrogen and oxygen atoms in total. The normalized spacial score (nSPS) is 27.2. The van der Waals surface area contributed by atoms with Gasteiger partial charge in [0.2, 0.25) is 0 Å². The molecule has 0 radical (unpaired) electrons. The third-order valence-corrected chi connectivity index (χ3v) is 4.50. The molecular formula is C16H33IN4O. The van der Waals surface area contributed by atoms with Crippen LogP contribution in [0.3, 0.4) is 0 Å². The molecule has 0 aromatic heterocycles. The van der Waals surface area contributed by atoms with Gasteiger partial charge in [0.25, 0.3) is 0 Å². The molecule has 1 saturated heterocycles. The minimum Gasteiger partial charge on any atom is -0.379 e. The number of rotatable bonds is 6. The second-order valence-corrected chi connectivity index (χ2v) is 6.64. The largest absolute Gasteiger partial charge is 0.379 e. The van der Waals surface area contributed by atoms with Gasteiger partial charge in [-0.1, -0.05) is 20.8 Å². The summed E-state index contributed by atoms with van der Waals surface area (Å²) in [6.45, 7) is 14.5. The van der Waals surface area contributed by atoms with Crippen LogP contribution in [0.25, 0.3) is 0 Å². The van der Waals surface area contributed by atoms with Gasteiger partial charge in [0.05, 0.1) is 19.8 Å². The van der Waals surface area contributed by atoms with E-state index in [0.717, 1.165) is 51.3 Å². The Hall–Kier alpha value is -0.0800. The van der Waals surface area contributed by atoms with Crippen molar-refractivity contribution in [1.82, 2.24) is 15.5 Å². The maximum Gasteiger partial charge on any atom is 0.191 e. The summed E-state index contributed by atoms with van der Waals surface area (Å²) in [6, 6.07) is 1.12. The number of hydrogen-bond acceptors (Lipinski definition) is 3. The molecule has 3 atom stereocenters. The van der Waals surface area contributed by atoms with Gasteiger partial charge in [-0.2, -0.15) is 0 Å². The monoisotopic (exact) mass is 424 g/mol. The Morgan fingerprint density at radius 3 is 2.45 bits per heavy atom. The Kier molecular flexibility index (Phi) is 9.01. The van der Waals surface area contributed by atoms with Crippen LogP contribution in [0.1, 0.15) is 34.1 Å². The molecule has 1 saturated carbocycles. The van der Waals surface area contributed by atoms with E-state index in [0.29, 0.717) is 18.0 Å². The number of nitrogens with zero attached hydrogens (tertiary/aromatic N) is 2. The topological polar surface area (TPSA) is 48.9 Å². The van der Waals surface area contributed by atoms with Crippen molar-refractivity contribution in [3.8, 4) is 0 Å². The van der Waals surface area contributed by atoms with Crippen molar-refractivity contribution in [2.45, 2.75) is 46.2 Å². The summed E-state index contributed by atoms with van der Waals surface area (Å²) in [5.74, 6) is 2.37. The van der Waals surface area contributed by atoms with E-state index < -0.39 is 0 Å². The van der Waals surface area contributed by atoms with Gasteiger partial charge in [-0.15, -0.1) is 24.0 Å². The second-order valence-electron chi connectivity index (χ2n) is 6.64. The molecule has 2 aliphatic rings. The quantitative estimate of drug-likeness (QED) is 0.389. The molecule has 2 fully saturated rings. The van der Waals surface area contributed by atoms with E-state index in [4.69, 9.17) is 9.73 Å². The van der Waals surface area contributed by atoms with Gasteiger partial charge in [0, 0.05) is 31.7 Å². The van der Waals surface area contributed by atoms with Crippen molar-refractivity contribution in [1.29, 1.82) is 0 Å². The summed E-state index contributed by atoms with van der Waals surface area (Å²) < 4.78 is 5.46. The number of hydrogen-bond donors (Lipinski definition) is 2. The number of morpholine rings is 1. The van der Waals surface area contributed by atoms with Crippen LogP contribution in [0.15, 0.2) is 4.99 Å². The van der Waals surface area contributed by atoms with E-state index >= 15 is 0 Å². The van der Waals surface area contributed by atoms with Gasteiger partial charge in [-0.05, 0) is 25.2 Å². The molecule has 6 heteroatoms. The lowest BCUT2D eigenvalue weighted by Gasteiger charge is -2.36. The summed E-state index contributed by atoms with van der Waals surface area (Å²) in [5.41, 5.74) is 0. The Morgan fingerprint density at radius 2 is 1.95 bits per heavy atom. The molecule has 2 N–H and O–H groups in total. The van der Waals surface area contributed by atoms with Crippen LogP contribution in [-0.2, 0) is 4.74 Å². The van der Waals surface area contributed by atoms with E-state index in [1.165, 1.54) is 6.42 Å². The Morgan fingerprint density at radius 1 is 1.32 bits per heavy atom. The summed E-state index contributed by atoms with van der Waals surface area (Å²) >= 11 is 0. The number of halogens is 1. The van der Waals surface area contributed by atoms with Crippen LogP contribution >= 0.6 is 24.0 Å². The zero-order chi connectivity index (χ0) is 15.2. The van der Waals surface area contributed by atoms with Crippen molar-refractivity contribution in [2.24, 2.45) is 16.8 Å². The number of ether oxygens (including phenoxy) is 1. The highest BCUT2D eigenvalue weighted by atomic mass is 127. The number of aliphatic imine (C=N–C) groups is 1. The highest BCUT2D eigenvalue weighted by molar-refractivity contribution is 14.0. The van der Waals surface area contributed by atoms with Crippen molar-refractivity contribution in [2.75, 3.05) is 39.4 Å². The molecule has 0 spiro atoms. The third kappa shape index (κ3) is 6.20. The van der Waals surface area contributed by atoms with Gasteiger partial charge in [-0.3, -0.25) is 9.89 Å². The first-order chi connectivity index (χ1) is 10.1. The fourth-order valence-corrected chi connectivity index (χ4v) is 2.86. The molecule has 130 valence electrons. The molecule has 1 aliphatic carbocycles. The smallest absolute Gasteiger partial charge is 0.191 e. The van der Waals surface area contributed by atoms with Gasteiger partial charge in [0.1, 0.15) is 0 Å². The van der Waals surface area contributed by atoms with Gasteiger partial charge >= 0.3 is 0 Å². The summed E-state index contributed by atoms with van der Waals surface area (Å²) in [6.07, 6.45) is 1.27. The highest BCUT2D eigenvalue weighted by Gasteiger charge is 2.33. The number of nitrogens with one attached hydrogen (secondary N) is 2. The molecule has 1 aliphatic heterocycles. The van der Waals surface area contributed by atoms with E-state index in [2.05, 4.69) is 43.2 Å². The third-order valence-electron chi connectivity index (χ3n) is 4.50. The predicted octanol–water partition coefficient (Wildman–Crippen LogP) is 1.92. The average molecular weight is 424 g/mol. The van der Waals surface area contributed by atoms with E-state index in [1.54, 1.807) is 0 Å². The fourth-order valence-electron chi connectivity index (χ4n) is 2.86. The van der Waals surface area contributed by atoms with Crippen LogP contribution in [0.4, 0.5) is 0 Å². The maximum atomic E-state index is 5.46. The van der Waals surface area contributed by atoms with Crippen molar-refractivity contribution >= 4 is 29.9 Å². The van der Waals surface area contributed by atoms with Crippen LogP contribution in [0.2, 0.25) is 0 Å². The minimum absolute atomic E-state index is 0. The second kappa shape index (κ2) is 9.93. The van der Waals surface area contributed by atoms with E-state index in [9.17, 15) is 0 Å². The van der Waals surface area contributed by atoms with Crippen LogP contribution in [0.5, 0.6) is 0 Å². The van der Waals surface area contributed by atoms with Crippen molar-refractivity contribution < 1.29 is 4.74 Å². The summed E-state index contributed by atoms with van der Waals surface area (Å²) in [4.78, 5) is 7.37. The van der Waals surface area contributed by atoms with Crippen molar-refractivity contribution in [3.63, 3.8) is 0 Å². The zero-order valence-electron chi connectivity index (χ0n) is 14.5. The SMILES string of the molecule is CCNC(=NCC(C(C)C)N1CCOCC1)NC1CC1C.I. The van der Waals surface area contributed by atoms with Crippen LogP contribution < -0.4 is 10.6 Å². The van der Waals surface area contributed by atoms with Gasteiger partial charge < -0.3 is 15.4 Å². The van der Waals surface area contributed by atoms with Crippen LogP contribution in [-0.4, -0.2) is 62.3 Å². The molecule has 1 heterocycles. The molecule has 0 aromatic carbocycles. The first-order valence-electron chi connectivity index (χ1n) is 8.48. The molecule has 0 amide bonds. The first kappa shape index (κ1) is 20.0. The van der Waals surface area contributed by atoms with Gasteiger partial charge in [-0.25, -0.2) is 0 Å². The van der Waals surface area contributed by atoms with Gasteiger partial charge in [0.15, 0.2) is 5.96 Å². The van der Waals surface area contributed by atoms with Crippen LogP contribution in [0, 0.1) is 11.8 Å². The van der Waals surface area contributed by atoms with E-state index in [1.807, 2.05) is 0 Å². The maximum absolute atomic E-state index is 5.46. The molecular weight excluding hydrogens is 391 g/mol. The molecule has 0 bridgehead atoms. The lowest BCUT2D eigenvalue weighted by molar-refractivity contribution is 0.00867. The highest BCUT2D eigenvalue weighted by Crippen LogP contribution is 2.28. The molecule has 3 unspecified atom stereocenters. The standard InChI is InChI=1S/C16H32N4O.HI/c1-5-17-16(19-14-10-13(14)4)18-11-15(12(2)3)20-6-8-21-9-7-20;/h12-15H,5-11H2,1-4H3,(H2,17,18,19);1H. The first-order valence-corrected chi connectivity index (χ1v) is 8.48. The minimum atomic E-state index is 0. The fraction of sp³-hybridized carbons (Fsp3) is 0.938. The van der Waals surface area contributed by atoms with Crippen molar-refractivity contribution in [3.05, 3.63) is 0 Å². The van der Waals surface area contributed by atoms with E-state index in [-0.39, 0.29) is 24.0 Å². The molecule has 22 heavy (non-hydrogen) atoms. The number of guanidine groups is 1.